The Morgan fingerprint density at radius 2 is 2.18 bits per heavy atom. The van der Waals surface area contributed by atoms with Crippen LogP contribution in [0.3, 0.4) is 0 Å². The number of nitrogens with two attached hydrogens (primary N) is 1. The highest BCUT2D eigenvalue weighted by Crippen LogP contribution is 2.40. The summed E-state index contributed by atoms with van der Waals surface area (Å²) in [4.78, 5) is 14.4. The average molecular weight is 240 g/mol. The smallest absolute Gasteiger partial charge is 0.327 e. The van der Waals surface area contributed by atoms with E-state index in [0.29, 0.717) is 19.1 Å². The van der Waals surface area contributed by atoms with Gasteiger partial charge in [-0.3, -0.25) is 0 Å². The molecule has 0 aromatic rings. The van der Waals surface area contributed by atoms with Crippen molar-refractivity contribution in [2.45, 2.75) is 38.6 Å². The molecule has 0 aromatic heterocycles. The highest BCUT2D eigenvalue weighted by molar-refractivity contribution is 5.82. The van der Waals surface area contributed by atoms with Crippen LogP contribution in [-0.2, 0) is 9.53 Å². The molecule has 2 fully saturated rings. The molecule has 0 radical (unpaired) electrons. The van der Waals surface area contributed by atoms with Gasteiger partial charge in [0, 0.05) is 13.1 Å². The van der Waals surface area contributed by atoms with E-state index >= 15 is 0 Å². The molecule has 17 heavy (non-hydrogen) atoms. The predicted molar refractivity (Wildman–Crippen MR) is 66.5 cm³/mol. The second-order valence-electron chi connectivity index (χ2n) is 5.66. The third-order valence-corrected chi connectivity index (χ3v) is 3.95. The fourth-order valence-electron chi connectivity index (χ4n) is 2.76. The fraction of sp³-hybridized carbons (Fsp3) is 0.923. The molecule has 1 saturated carbocycles. The van der Waals surface area contributed by atoms with Gasteiger partial charge in [-0.1, -0.05) is 6.92 Å². The first-order chi connectivity index (χ1) is 8.06. The summed E-state index contributed by atoms with van der Waals surface area (Å²) in [6.45, 7) is 7.29. The van der Waals surface area contributed by atoms with E-state index in [0.717, 1.165) is 31.8 Å². The van der Waals surface area contributed by atoms with Crippen LogP contribution in [0.2, 0.25) is 0 Å². The Morgan fingerprint density at radius 1 is 1.47 bits per heavy atom. The monoisotopic (exact) mass is 240 g/mol. The van der Waals surface area contributed by atoms with Crippen molar-refractivity contribution in [2.75, 3.05) is 26.2 Å². The van der Waals surface area contributed by atoms with Crippen LogP contribution >= 0.6 is 0 Å². The lowest BCUT2D eigenvalue weighted by atomic mass is 9.94. The molecule has 0 amide bonds. The number of carbonyl (C=O) groups excluding carboxylic acids is 1. The standard InChI is InChI=1S/C13H24N2O2/c1-3-17-12(16)13(14,11-4-5-11)9-15-7-6-10(2)8-15/h10-11H,3-9,14H2,1-2H3. The van der Waals surface area contributed by atoms with Crippen LogP contribution in [0.4, 0.5) is 0 Å². The molecule has 1 saturated heterocycles. The Kier molecular flexibility index (Phi) is 3.73. The Morgan fingerprint density at radius 3 is 2.65 bits per heavy atom. The summed E-state index contributed by atoms with van der Waals surface area (Å²) in [5.74, 6) is 0.847. The first-order valence-electron chi connectivity index (χ1n) is 6.74. The molecule has 2 atom stereocenters. The van der Waals surface area contributed by atoms with E-state index in [9.17, 15) is 4.79 Å². The van der Waals surface area contributed by atoms with Gasteiger partial charge in [0.25, 0.3) is 0 Å². The molecule has 1 aliphatic heterocycles. The third-order valence-electron chi connectivity index (χ3n) is 3.95. The minimum absolute atomic E-state index is 0.206. The third kappa shape index (κ3) is 2.80. The van der Waals surface area contributed by atoms with Gasteiger partial charge >= 0.3 is 5.97 Å². The molecule has 0 bridgehead atoms. The van der Waals surface area contributed by atoms with Crippen molar-refractivity contribution in [3.8, 4) is 0 Å². The topological polar surface area (TPSA) is 55.6 Å². The summed E-state index contributed by atoms with van der Waals surface area (Å²) >= 11 is 0. The molecule has 2 N–H and O–H groups in total. The fourth-order valence-corrected chi connectivity index (χ4v) is 2.76. The SMILES string of the molecule is CCOC(=O)C(N)(CN1CCC(C)C1)C1CC1. The quantitative estimate of drug-likeness (QED) is 0.728. The first kappa shape index (κ1) is 12.8. The van der Waals surface area contributed by atoms with Gasteiger partial charge in [-0.25, -0.2) is 4.79 Å². The summed E-state index contributed by atoms with van der Waals surface area (Å²) in [6.07, 6.45) is 3.35. The minimum Gasteiger partial charge on any atom is -0.465 e. The van der Waals surface area contributed by atoms with Gasteiger partial charge in [-0.15, -0.1) is 0 Å². The summed E-state index contributed by atoms with van der Waals surface area (Å²) in [5.41, 5.74) is 5.58. The lowest BCUT2D eigenvalue weighted by molar-refractivity contribution is -0.151. The van der Waals surface area contributed by atoms with E-state index in [1.165, 1.54) is 6.42 Å². The number of likely N-dealkylation sites (tertiary alicyclic amines) is 1. The van der Waals surface area contributed by atoms with Gasteiger partial charge in [0.05, 0.1) is 6.61 Å². The molecule has 2 rings (SSSR count). The van der Waals surface area contributed by atoms with E-state index in [2.05, 4.69) is 11.8 Å². The molecular weight excluding hydrogens is 216 g/mol. The lowest BCUT2D eigenvalue weighted by Crippen LogP contribution is -2.58. The molecular formula is C13H24N2O2. The molecule has 98 valence electrons. The normalized spacial score (nSPS) is 29.0. The maximum absolute atomic E-state index is 12.0. The van der Waals surface area contributed by atoms with Crippen molar-refractivity contribution in [3.63, 3.8) is 0 Å². The Balaban J connectivity index is 1.98. The molecule has 0 spiro atoms. The van der Waals surface area contributed by atoms with Gasteiger partial charge in [-0.05, 0) is 44.6 Å². The maximum Gasteiger partial charge on any atom is 0.327 e. The average Bonchev–Trinajstić information content (AvgIpc) is 3.05. The molecule has 2 unspecified atom stereocenters. The van der Waals surface area contributed by atoms with E-state index in [1.54, 1.807) is 0 Å². The summed E-state index contributed by atoms with van der Waals surface area (Å²) in [7, 11) is 0. The minimum atomic E-state index is -0.764. The second kappa shape index (κ2) is 4.94. The van der Waals surface area contributed by atoms with E-state index < -0.39 is 5.54 Å². The number of carbonyl (C=O) groups is 1. The molecule has 2 aliphatic rings. The zero-order valence-corrected chi connectivity index (χ0v) is 10.9. The number of nitrogens with zero attached hydrogens (tertiary/aromatic N) is 1. The van der Waals surface area contributed by atoms with Crippen molar-refractivity contribution in [1.82, 2.24) is 4.90 Å². The highest BCUT2D eigenvalue weighted by atomic mass is 16.5. The van der Waals surface area contributed by atoms with Gasteiger partial charge in [0.2, 0.25) is 0 Å². The molecule has 1 heterocycles. The van der Waals surface area contributed by atoms with E-state index in [4.69, 9.17) is 10.5 Å². The first-order valence-corrected chi connectivity index (χ1v) is 6.74. The number of esters is 1. The van der Waals surface area contributed by atoms with Crippen molar-refractivity contribution >= 4 is 5.97 Å². The number of hydrogen-bond acceptors (Lipinski definition) is 4. The second-order valence-corrected chi connectivity index (χ2v) is 5.66. The predicted octanol–water partition coefficient (Wildman–Crippen LogP) is 0.999. The van der Waals surface area contributed by atoms with Crippen LogP contribution in [0.5, 0.6) is 0 Å². The van der Waals surface area contributed by atoms with Gasteiger partial charge in [-0.2, -0.15) is 0 Å². The van der Waals surface area contributed by atoms with Crippen molar-refractivity contribution in [3.05, 3.63) is 0 Å². The number of ether oxygens (including phenoxy) is 1. The van der Waals surface area contributed by atoms with Crippen LogP contribution in [0.15, 0.2) is 0 Å². The lowest BCUT2D eigenvalue weighted by Gasteiger charge is -2.31. The zero-order chi connectivity index (χ0) is 12.5. The highest BCUT2D eigenvalue weighted by Gasteiger charge is 2.50. The van der Waals surface area contributed by atoms with Crippen LogP contribution in [0.25, 0.3) is 0 Å². The van der Waals surface area contributed by atoms with Gasteiger partial charge in [0.1, 0.15) is 5.54 Å². The van der Waals surface area contributed by atoms with Crippen molar-refractivity contribution < 1.29 is 9.53 Å². The molecule has 4 nitrogen and oxygen atoms in total. The van der Waals surface area contributed by atoms with E-state index in [-0.39, 0.29) is 5.97 Å². The summed E-state index contributed by atoms with van der Waals surface area (Å²) < 4.78 is 5.15. The molecule has 1 aliphatic carbocycles. The Hall–Kier alpha value is -0.610. The molecule has 0 aromatic carbocycles. The Labute approximate surface area is 103 Å². The van der Waals surface area contributed by atoms with E-state index in [1.807, 2.05) is 6.92 Å². The number of rotatable bonds is 5. The van der Waals surface area contributed by atoms with Crippen molar-refractivity contribution in [2.24, 2.45) is 17.6 Å². The maximum atomic E-state index is 12.0. The summed E-state index contributed by atoms with van der Waals surface area (Å²) in [5, 5.41) is 0. The van der Waals surface area contributed by atoms with Crippen LogP contribution in [-0.4, -0.2) is 42.6 Å². The Bertz CT molecular complexity index is 291. The van der Waals surface area contributed by atoms with Gasteiger partial charge < -0.3 is 15.4 Å². The van der Waals surface area contributed by atoms with Crippen LogP contribution in [0, 0.1) is 11.8 Å². The zero-order valence-electron chi connectivity index (χ0n) is 10.9. The van der Waals surface area contributed by atoms with Gasteiger partial charge in [0.15, 0.2) is 0 Å². The van der Waals surface area contributed by atoms with Crippen LogP contribution < -0.4 is 5.73 Å². The molecule has 4 heteroatoms. The van der Waals surface area contributed by atoms with Crippen molar-refractivity contribution in [1.29, 1.82) is 0 Å². The summed E-state index contributed by atoms with van der Waals surface area (Å²) in [6, 6.07) is 0. The van der Waals surface area contributed by atoms with Crippen LogP contribution in [0.1, 0.15) is 33.1 Å². The largest absolute Gasteiger partial charge is 0.465 e. The number of hydrogen-bond donors (Lipinski definition) is 1.